The molecular formula is C30H58N2O5S. The quantitative estimate of drug-likeness (QED) is 0.368. The lowest BCUT2D eigenvalue weighted by Crippen LogP contribution is -2.50. The highest BCUT2D eigenvalue weighted by Crippen LogP contribution is 2.35. The topological polar surface area (TPSA) is 108 Å². The van der Waals surface area contributed by atoms with Crippen LogP contribution in [0.2, 0.25) is 0 Å². The molecule has 0 radical (unpaired) electrons. The average Bonchev–Trinajstić information content (AvgIpc) is 2.68. The van der Waals surface area contributed by atoms with Gasteiger partial charge in [0.15, 0.2) is 0 Å². The van der Waals surface area contributed by atoms with Crippen molar-refractivity contribution in [2.24, 2.45) is 17.6 Å². The van der Waals surface area contributed by atoms with Gasteiger partial charge in [-0.25, -0.2) is 8.93 Å². The molecule has 1 atom stereocenters. The van der Waals surface area contributed by atoms with Crippen molar-refractivity contribution in [3.05, 3.63) is 0 Å². The van der Waals surface area contributed by atoms with E-state index >= 15 is 0 Å². The Labute approximate surface area is 235 Å². The van der Waals surface area contributed by atoms with Crippen molar-refractivity contribution in [1.82, 2.24) is 4.72 Å². The molecule has 0 aromatic rings. The summed E-state index contributed by atoms with van der Waals surface area (Å²) in [5.41, 5.74) is 5.16. The van der Waals surface area contributed by atoms with Crippen molar-refractivity contribution in [2.75, 3.05) is 0 Å². The van der Waals surface area contributed by atoms with Crippen molar-refractivity contribution in [3.63, 3.8) is 0 Å². The zero-order chi connectivity index (χ0) is 29.6. The third kappa shape index (κ3) is 15.0. The molecule has 3 N–H and O–H groups in total. The Kier molecular flexibility index (Phi) is 12.5. The predicted octanol–water partition coefficient (Wildman–Crippen LogP) is 6.34. The highest BCUT2D eigenvalue weighted by Gasteiger charge is 2.36. The van der Waals surface area contributed by atoms with Gasteiger partial charge in [0, 0.05) is 23.9 Å². The van der Waals surface area contributed by atoms with Crippen LogP contribution in [0.5, 0.6) is 0 Å². The van der Waals surface area contributed by atoms with Crippen LogP contribution in [0.15, 0.2) is 0 Å². The van der Waals surface area contributed by atoms with Crippen LogP contribution in [0.4, 0.5) is 0 Å². The number of carbonyl (C=O) groups is 2. The minimum Gasteiger partial charge on any atom is -0.460 e. The van der Waals surface area contributed by atoms with Gasteiger partial charge in [-0.1, -0.05) is 0 Å². The number of nitrogens with two attached hydrogens (primary N) is 1. The largest absolute Gasteiger partial charge is 0.460 e. The summed E-state index contributed by atoms with van der Waals surface area (Å²) in [5.74, 6) is 0.671. The lowest BCUT2D eigenvalue weighted by atomic mass is 9.77. The molecule has 0 spiro atoms. The third-order valence-electron chi connectivity index (χ3n) is 7.10. The second-order valence-electron chi connectivity index (χ2n) is 15.2. The first-order valence-electron chi connectivity index (χ1n) is 14.4. The van der Waals surface area contributed by atoms with E-state index in [0.717, 1.165) is 51.4 Å². The number of nitrogens with one attached hydrogen (secondary N) is 1. The smallest absolute Gasteiger partial charge is 0.306 e. The second-order valence-corrected chi connectivity index (χ2v) is 17.1. The molecule has 0 aromatic heterocycles. The monoisotopic (exact) mass is 558 g/mol. The average molecular weight is 559 g/mol. The minimum atomic E-state index is -1.05. The van der Waals surface area contributed by atoms with Gasteiger partial charge < -0.3 is 15.2 Å². The highest BCUT2D eigenvalue weighted by atomic mass is 32.2. The first kappa shape index (κ1) is 35.0. The Bertz CT molecular complexity index is 787. The van der Waals surface area contributed by atoms with E-state index < -0.39 is 16.6 Å². The molecule has 2 rings (SSSR count). The van der Waals surface area contributed by atoms with Gasteiger partial charge in [-0.15, -0.1) is 0 Å². The highest BCUT2D eigenvalue weighted by molar-refractivity contribution is 7.84. The number of hydrogen-bond donors (Lipinski definition) is 2. The summed E-state index contributed by atoms with van der Waals surface area (Å²) in [4.78, 5) is 23.5. The molecule has 2 saturated carbocycles. The second kappa shape index (κ2) is 13.6. The van der Waals surface area contributed by atoms with Gasteiger partial charge >= 0.3 is 11.9 Å². The summed E-state index contributed by atoms with van der Waals surface area (Å²) in [6.07, 6.45) is 9.02. The normalized spacial score (nSPS) is 29.5. The van der Waals surface area contributed by atoms with Crippen molar-refractivity contribution in [3.8, 4) is 0 Å². The molecule has 1 unspecified atom stereocenters. The molecule has 224 valence electrons. The molecule has 38 heavy (non-hydrogen) atoms. The van der Waals surface area contributed by atoms with Crippen LogP contribution >= 0.6 is 0 Å². The minimum absolute atomic E-state index is 0.0234. The SMILES string of the molecule is CC1(N)CCC(CC(=O)OC(C)(C)C)CC1.CC1(NS(=O)C(C)(C)C)CCC(CC(=O)OC(C)(C)C)CC1. The Morgan fingerprint density at radius 1 is 0.763 bits per heavy atom. The number of carbonyl (C=O) groups excluding carboxylic acids is 2. The molecule has 2 aliphatic carbocycles. The molecule has 2 fully saturated rings. The zero-order valence-electron chi connectivity index (χ0n) is 26.3. The molecule has 8 heteroatoms. The van der Waals surface area contributed by atoms with Crippen LogP contribution in [0.1, 0.15) is 140 Å². The molecule has 0 aliphatic heterocycles. The molecule has 0 heterocycles. The van der Waals surface area contributed by atoms with Crippen LogP contribution in [-0.4, -0.2) is 43.2 Å². The molecule has 2 aliphatic rings. The van der Waals surface area contributed by atoms with Gasteiger partial charge in [-0.3, -0.25) is 9.59 Å². The van der Waals surface area contributed by atoms with Crippen LogP contribution in [0.3, 0.4) is 0 Å². The molecule has 0 bridgehead atoms. The summed E-state index contributed by atoms with van der Waals surface area (Å²) >= 11 is 0. The van der Waals surface area contributed by atoms with E-state index in [1.165, 1.54) is 0 Å². The van der Waals surface area contributed by atoms with E-state index in [1.54, 1.807) is 0 Å². The van der Waals surface area contributed by atoms with E-state index in [-0.39, 0.29) is 33.4 Å². The molecule has 0 amide bonds. The maximum Gasteiger partial charge on any atom is 0.306 e. The standard InChI is InChI=1S/C17H33NO3S.C13H25NO2/c1-15(2,3)21-14(19)12-13-8-10-17(7,11-9-13)18-22(20)16(4,5)6;1-12(2,3)16-11(15)9-10-5-7-13(4,14)8-6-10/h13,18H,8-12H2,1-7H3;10H,5-9,14H2,1-4H3. The summed E-state index contributed by atoms with van der Waals surface area (Å²) < 4.78 is 26.1. The van der Waals surface area contributed by atoms with E-state index in [1.807, 2.05) is 62.3 Å². The first-order chi connectivity index (χ1) is 17.0. The van der Waals surface area contributed by atoms with Crippen molar-refractivity contribution >= 4 is 22.9 Å². The van der Waals surface area contributed by atoms with Gasteiger partial charge in [0.2, 0.25) is 0 Å². The molecule has 7 nitrogen and oxygen atoms in total. The van der Waals surface area contributed by atoms with Crippen LogP contribution in [-0.2, 0) is 30.0 Å². The maximum atomic E-state index is 12.3. The maximum absolute atomic E-state index is 12.3. The lowest BCUT2D eigenvalue weighted by molar-refractivity contribution is -0.157. The van der Waals surface area contributed by atoms with Crippen molar-refractivity contribution < 1.29 is 23.3 Å². The summed E-state index contributed by atoms with van der Waals surface area (Å²) in [6.45, 7) is 21.6. The van der Waals surface area contributed by atoms with Gasteiger partial charge in [0.25, 0.3) is 0 Å². The van der Waals surface area contributed by atoms with Gasteiger partial charge in [0.1, 0.15) is 11.2 Å². The molecule has 0 saturated heterocycles. The van der Waals surface area contributed by atoms with Gasteiger partial charge in [-0.05, 0) is 139 Å². The van der Waals surface area contributed by atoms with Gasteiger partial charge in [-0.2, -0.15) is 0 Å². The van der Waals surface area contributed by atoms with Crippen LogP contribution in [0.25, 0.3) is 0 Å². The van der Waals surface area contributed by atoms with E-state index in [9.17, 15) is 13.8 Å². The molecular weight excluding hydrogens is 500 g/mol. The van der Waals surface area contributed by atoms with E-state index in [0.29, 0.717) is 24.7 Å². The Hall–Kier alpha value is -0.990. The number of hydrogen-bond acceptors (Lipinski definition) is 6. The third-order valence-corrected chi connectivity index (χ3v) is 8.89. The summed E-state index contributed by atoms with van der Waals surface area (Å²) in [7, 11) is -1.05. The fraction of sp³-hybridized carbons (Fsp3) is 0.933. The zero-order valence-corrected chi connectivity index (χ0v) is 27.1. The first-order valence-corrected chi connectivity index (χ1v) is 15.6. The number of rotatable bonds is 6. The Balaban J connectivity index is 0.000000399. The van der Waals surface area contributed by atoms with Crippen molar-refractivity contribution in [1.29, 1.82) is 0 Å². The Morgan fingerprint density at radius 3 is 1.42 bits per heavy atom. The number of ether oxygens (including phenoxy) is 2. The summed E-state index contributed by atoms with van der Waals surface area (Å²) in [5, 5.41) is 0. The van der Waals surface area contributed by atoms with E-state index in [4.69, 9.17) is 15.2 Å². The van der Waals surface area contributed by atoms with Crippen LogP contribution < -0.4 is 10.5 Å². The fourth-order valence-corrected chi connectivity index (χ4v) is 5.73. The number of esters is 2. The Morgan fingerprint density at radius 2 is 1.11 bits per heavy atom. The summed E-state index contributed by atoms with van der Waals surface area (Å²) in [6, 6.07) is 0. The van der Waals surface area contributed by atoms with Crippen LogP contribution in [0, 0.1) is 11.8 Å². The predicted molar refractivity (Wildman–Crippen MR) is 157 cm³/mol. The fourth-order valence-electron chi connectivity index (χ4n) is 4.78. The van der Waals surface area contributed by atoms with Gasteiger partial charge in [0.05, 0.1) is 15.7 Å². The lowest BCUT2D eigenvalue weighted by Gasteiger charge is -2.39. The molecule has 0 aromatic carbocycles. The van der Waals surface area contributed by atoms with E-state index in [2.05, 4.69) is 18.6 Å². The van der Waals surface area contributed by atoms with Crippen molar-refractivity contribution in [2.45, 2.75) is 167 Å².